The molecule has 0 unspecified atom stereocenters. The molecule has 3 aromatic carbocycles. The molecule has 0 spiro atoms. The molecule has 4 aromatic rings. The third-order valence-corrected chi connectivity index (χ3v) is 6.13. The molecule has 1 heterocycles. The molecule has 2 amide bonds. The predicted molar refractivity (Wildman–Crippen MR) is 123 cm³/mol. The monoisotopic (exact) mass is 481 g/mol. The number of carbonyl (C=O) groups is 2. The quantitative estimate of drug-likeness (QED) is 0.387. The molecule has 4 N–H and O–H groups in total. The average molecular weight is 482 g/mol. The Labute approximate surface area is 194 Å². The number of nitrogens with one attached hydrogen (secondary N) is 2. The normalized spacial score (nSPS) is 11.4. The Morgan fingerprint density at radius 2 is 1.71 bits per heavy atom. The van der Waals surface area contributed by atoms with Crippen molar-refractivity contribution in [2.45, 2.75) is 11.4 Å². The molecule has 1 aromatic heterocycles. The Balaban J connectivity index is 1.68. The van der Waals surface area contributed by atoms with Crippen LogP contribution in [-0.2, 0) is 16.6 Å². The minimum Gasteiger partial charge on any atom is -0.355 e. The zero-order valence-corrected chi connectivity index (χ0v) is 18.8. The zero-order chi connectivity index (χ0) is 24.5. The SMILES string of the molecule is CNC(=O)c1cc(C(=O)NCc2ccc(S(N)(=O)=O)cc2)c2cnn(-c3ccc(F)cc3)c2c1. The molecule has 0 saturated carbocycles. The number of nitrogens with two attached hydrogens (primary N) is 1. The molecule has 0 aliphatic rings. The van der Waals surface area contributed by atoms with Gasteiger partial charge in [-0.1, -0.05) is 12.1 Å². The Hall–Kier alpha value is -4.09. The molecule has 9 nitrogen and oxygen atoms in total. The lowest BCUT2D eigenvalue weighted by atomic mass is 10.0. The molecule has 34 heavy (non-hydrogen) atoms. The van der Waals surface area contributed by atoms with Crippen LogP contribution in [0.1, 0.15) is 26.3 Å². The second-order valence-corrected chi connectivity index (χ2v) is 9.00. The fraction of sp³-hybridized carbons (Fsp3) is 0.0870. The van der Waals surface area contributed by atoms with E-state index in [-0.39, 0.29) is 28.5 Å². The number of sulfonamides is 1. The smallest absolute Gasteiger partial charge is 0.252 e. The maximum Gasteiger partial charge on any atom is 0.252 e. The topological polar surface area (TPSA) is 136 Å². The zero-order valence-electron chi connectivity index (χ0n) is 17.9. The van der Waals surface area contributed by atoms with Crippen molar-refractivity contribution in [3.05, 3.63) is 89.4 Å². The van der Waals surface area contributed by atoms with Gasteiger partial charge in [0, 0.05) is 24.5 Å². The number of amides is 2. The standard InChI is InChI=1S/C23H20FN5O4S/c1-26-22(30)15-10-19(23(31)27-12-14-2-8-18(9-3-14)34(25,32)33)20-13-28-29(21(20)11-15)17-6-4-16(24)5-7-17/h2-11,13H,12H2,1H3,(H,26,30)(H,27,31)(H2,25,32,33). The molecule has 0 aliphatic carbocycles. The van der Waals surface area contributed by atoms with Crippen molar-refractivity contribution in [1.82, 2.24) is 20.4 Å². The van der Waals surface area contributed by atoms with E-state index in [1.54, 1.807) is 30.3 Å². The van der Waals surface area contributed by atoms with Gasteiger partial charge in [0.2, 0.25) is 10.0 Å². The van der Waals surface area contributed by atoms with Gasteiger partial charge in [0.05, 0.1) is 27.9 Å². The molecular weight excluding hydrogens is 461 g/mol. The lowest BCUT2D eigenvalue weighted by Gasteiger charge is -2.10. The van der Waals surface area contributed by atoms with E-state index < -0.39 is 21.7 Å². The van der Waals surface area contributed by atoms with Crippen molar-refractivity contribution >= 4 is 32.7 Å². The summed E-state index contributed by atoms with van der Waals surface area (Å²) in [7, 11) is -2.33. The van der Waals surface area contributed by atoms with Crippen LogP contribution in [0.5, 0.6) is 0 Å². The predicted octanol–water partition coefficient (Wildman–Crippen LogP) is 2.10. The third-order valence-electron chi connectivity index (χ3n) is 5.20. The van der Waals surface area contributed by atoms with E-state index in [4.69, 9.17) is 5.14 Å². The number of benzene rings is 3. The minimum atomic E-state index is -3.81. The fourth-order valence-electron chi connectivity index (χ4n) is 3.45. The van der Waals surface area contributed by atoms with Crippen molar-refractivity contribution in [3.8, 4) is 5.69 Å². The molecule has 0 radical (unpaired) electrons. The van der Waals surface area contributed by atoms with Gasteiger partial charge >= 0.3 is 0 Å². The summed E-state index contributed by atoms with van der Waals surface area (Å²) in [6.07, 6.45) is 1.50. The van der Waals surface area contributed by atoms with Gasteiger partial charge in [-0.05, 0) is 54.1 Å². The van der Waals surface area contributed by atoms with Gasteiger partial charge in [-0.25, -0.2) is 22.6 Å². The van der Waals surface area contributed by atoms with Crippen LogP contribution in [0.4, 0.5) is 4.39 Å². The van der Waals surface area contributed by atoms with Gasteiger partial charge in [-0.3, -0.25) is 9.59 Å². The fourth-order valence-corrected chi connectivity index (χ4v) is 3.97. The van der Waals surface area contributed by atoms with Gasteiger partial charge in [0.1, 0.15) is 5.82 Å². The maximum absolute atomic E-state index is 13.4. The van der Waals surface area contributed by atoms with Crippen LogP contribution in [0.25, 0.3) is 16.6 Å². The van der Waals surface area contributed by atoms with Gasteiger partial charge < -0.3 is 10.6 Å². The van der Waals surface area contributed by atoms with E-state index in [1.165, 1.54) is 48.3 Å². The van der Waals surface area contributed by atoms with E-state index in [0.717, 1.165) is 0 Å². The number of primary sulfonamides is 1. The number of carbonyl (C=O) groups excluding carboxylic acids is 2. The van der Waals surface area contributed by atoms with E-state index in [9.17, 15) is 22.4 Å². The first-order valence-corrected chi connectivity index (χ1v) is 11.6. The second-order valence-electron chi connectivity index (χ2n) is 7.44. The summed E-state index contributed by atoms with van der Waals surface area (Å²) in [6.45, 7) is 0.113. The maximum atomic E-state index is 13.4. The highest BCUT2D eigenvalue weighted by Crippen LogP contribution is 2.24. The van der Waals surface area contributed by atoms with Crippen molar-refractivity contribution in [3.63, 3.8) is 0 Å². The molecule has 0 saturated heterocycles. The van der Waals surface area contributed by atoms with Gasteiger partial charge in [-0.15, -0.1) is 0 Å². The van der Waals surface area contributed by atoms with Crippen molar-refractivity contribution in [1.29, 1.82) is 0 Å². The van der Waals surface area contributed by atoms with E-state index in [0.29, 0.717) is 22.2 Å². The van der Waals surface area contributed by atoms with Crippen LogP contribution in [0.3, 0.4) is 0 Å². The summed E-state index contributed by atoms with van der Waals surface area (Å²) in [5.41, 5.74) is 2.19. The number of hydrogen-bond donors (Lipinski definition) is 3. The summed E-state index contributed by atoms with van der Waals surface area (Å²) < 4.78 is 37.7. The van der Waals surface area contributed by atoms with Gasteiger partial charge in [0.25, 0.3) is 11.8 Å². The highest BCUT2D eigenvalue weighted by molar-refractivity contribution is 7.89. The van der Waals surface area contributed by atoms with Crippen LogP contribution in [0.2, 0.25) is 0 Å². The summed E-state index contributed by atoms with van der Waals surface area (Å²) in [5, 5.41) is 15.2. The van der Waals surface area contributed by atoms with Gasteiger partial charge in [0.15, 0.2) is 0 Å². The molecule has 174 valence electrons. The Bertz CT molecular complexity index is 1500. The highest BCUT2D eigenvalue weighted by atomic mass is 32.2. The molecule has 0 bridgehead atoms. The molecule has 0 fully saturated rings. The molecule has 0 aliphatic heterocycles. The summed E-state index contributed by atoms with van der Waals surface area (Å²) in [4.78, 5) is 25.4. The summed E-state index contributed by atoms with van der Waals surface area (Å²) >= 11 is 0. The summed E-state index contributed by atoms with van der Waals surface area (Å²) in [6, 6.07) is 14.5. The largest absolute Gasteiger partial charge is 0.355 e. The van der Waals surface area contributed by atoms with Gasteiger partial charge in [-0.2, -0.15) is 5.10 Å². The van der Waals surface area contributed by atoms with Crippen molar-refractivity contribution < 1.29 is 22.4 Å². The Kier molecular flexibility index (Phi) is 6.14. The van der Waals surface area contributed by atoms with E-state index in [1.807, 2.05) is 0 Å². The highest BCUT2D eigenvalue weighted by Gasteiger charge is 2.18. The molecule has 11 heteroatoms. The number of halogens is 1. The average Bonchev–Trinajstić information content (AvgIpc) is 3.25. The molecule has 0 atom stereocenters. The summed E-state index contributed by atoms with van der Waals surface area (Å²) in [5.74, 6) is -1.24. The van der Waals surface area contributed by atoms with Crippen LogP contribution in [0.15, 0.2) is 71.8 Å². The third kappa shape index (κ3) is 4.65. The lowest BCUT2D eigenvalue weighted by molar-refractivity contribution is 0.0952. The van der Waals surface area contributed by atoms with Crippen molar-refractivity contribution in [2.75, 3.05) is 7.05 Å². The minimum absolute atomic E-state index is 0.0317. The number of aromatic nitrogens is 2. The first kappa shape index (κ1) is 23.1. The molecular formula is C23H20FN5O4S. The second kappa shape index (κ2) is 9.04. The number of rotatable bonds is 6. The van der Waals surface area contributed by atoms with E-state index in [2.05, 4.69) is 15.7 Å². The Morgan fingerprint density at radius 1 is 1.03 bits per heavy atom. The van der Waals surface area contributed by atoms with Crippen LogP contribution >= 0.6 is 0 Å². The molecule has 4 rings (SSSR count). The first-order chi connectivity index (χ1) is 16.2. The number of nitrogens with zero attached hydrogens (tertiary/aromatic N) is 2. The Morgan fingerprint density at radius 3 is 2.32 bits per heavy atom. The lowest BCUT2D eigenvalue weighted by Crippen LogP contribution is -2.24. The van der Waals surface area contributed by atoms with Crippen molar-refractivity contribution in [2.24, 2.45) is 5.14 Å². The van der Waals surface area contributed by atoms with E-state index >= 15 is 0 Å². The number of fused-ring (bicyclic) bond motifs is 1. The van der Waals surface area contributed by atoms with Crippen LogP contribution in [-0.4, -0.2) is 37.1 Å². The van der Waals surface area contributed by atoms with Crippen LogP contribution < -0.4 is 15.8 Å². The number of hydrogen-bond acceptors (Lipinski definition) is 5. The first-order valence-electron chi connectivity index (χ1n) is 10.1. The van der Waals surface area contributed by atoms with Crippen LogP contribution in [0, 0.1) is 5.82 Å².